The summed E-state index contributed by atoms with van der Waals surface area (Å²) < 4.78 is 10.8. The number of nitrogens with zero attached hydrogens (tertiary/aromatic N) is 1. The van der Waals surface area contributed by atoms with Crippen LogP contribution in [0.5, 0.6) is 5.75 Å². The van der Waals surface area contributed by atoms with Gasteiger partial charge in [-0.1, -0.05) is 44.2 Å². The van der Waals surface area contributed by atoms with Crippen LogP contribution in [0.4, 0.5) is 5.69 Å². The first-order chi connectivity index (χ1) is 15.0. The largest absolute Gasteiger partial charge is 0.487 e. The Morgan fingerprint density at radius 3 is 2.52 bits per heavy atom. The van der Waals surface area contributed by atoms with Gasteiger partial charge >= 0.3 is 5.97 Å². The number of fused-ring (bicyclic) bond motifs is 1. The zero-order chi connectivity index (χ0) is 22.3. The second-order valence-electron chi connectivity index (χ2n) is 7.52. The van der Waals surface area contributed by atoms with Crippen molar-refractivity contribution in [2.24, 2.45) is 5.41 Å². The van der Waals surface area contributed by atoms with E-state index in [4.69, 9.17) is 9.47 Å². The van der Waals surface area contributed by atoms with Crippen LogP contribution in [0.3, 0.4) is 0 Å². The molecule has 3 aromatic rings. The summed E-state index contributed by atoms with van der Waals surface area (Å²) in [5, 5.41) is 3.95. The molecule has 0 atom stereocenters. The quantitative estimate of drug-likeness (QED) is 0.486. The Labute approximate surface area is 182 Å². The highest BCUT2D eigenvalue weighted by Crippen LogP contribution is 2.32. The number of carbonyl (C=O) groups is 2. The van der Waals surface area contributed by atoms with E-state index in [-0.39, 0.29) is 18.3 Å². The number of rotatable bonds is 9. The van der Waals surface area contributed by atoms with E-state index in [1.54, 1.807) is 12.1 Å². The van der Waals surface area contributed by atoms with E-state index in [2.05, 4.69) is 10.3 Å². The number of benzene rings is 2. The number of aromatic nitrogens is 1. The highest BCUT2D eigenvalue weighted by molar-refractivity contribution is 5.94. The maximum absolute atomic E-state index is 12.6. The molecule has 0 saturated heterocycles. The summed E-state index contributed by atoms with van der Waals surface area (Å²) >= 11 is 0. The second-order valence-corrected chi connectivity index (χ2v) is 7.52. The highest BCUT2D eigenvalue weighted by atomic mass is 16.5. The fraction of sp³-hybridized carbons (Fsp3) is 0.320. The molecule has 0 saturated carbocycles. The normalized spacial score (nSPS) is 11.2. The van der Waals surface area contributed by atoms with Gasteiger partial charge in [-0.3, -0.25) is 9.59 Å². The summed E-state index contributed by atoms with van der Waals surface area (Å²) in [5.74, 6) is 0.0352. The SMILES string of the molecule is CCC(CC)(CC(=O)Nc1cccc(OCc2ccc3ccccc3n2)c1)C(=O)OC. The van der Waals surface area contributed by atoms with Crippen LogP contribution in [0.2, 0.25) is 0 Å². The first kappa shape index (κ1) is 22.3. The van der Waals surface area contributed by atoms with Crippen molar-refractivity contribution in [3.63, 3.8) is 0 Å². The average Bonchev–Trinajstić information content (AvgIpc) is 2.80. The Hall–Kier alpha value is -3.41. The first-order valence-electron chi connectivity index (χ1n) is 10.5. The van der Waals surface area contributed by atoms with E-state index in [0.717, 1.165) is 16.6 Å². The molecule has 6 nitrogen and oxygen atoms in total. The lowest BCUT2D eigenvalue weighted by atomic mass is 9.79. The van der Waals surface area contributed by atoms with Crippen LogP contribution in [0.15, 0.2) is 60.7 Å². The number of carbonyl (C=O) groups excluding carboxylic acids is 2. The minimum Gasteiger partial charge on any atom is -0.487 e. The van der Waals surface area contributed by atoms with Crippen LogP contribution in [0.25, 0.3) is 10.9 Å². The summed E-state index contributed by atoms with van der Waals surface area (Å²) in [6.45, 7) is 4.10. The van der Waals surface area contributed by atoms with Crippen LogP contribution in [-0.2, 0) is 20.9 Å². The minimum atomic E-state index is -0.811. The number of nitrogens with one attached hydrogen (secondary N) is 1. The molecule has 162 valence electrons. The van der Waals surface area contributed by atoms with Crippen molar-refractivity contribution in [2.75, 3.05) is 12.4 Å². The van der Waals surface area contributed by atoms with Crippen molar-refractivity contribution in [1.82, 2.24) is 4.98 Å². The van der Waals surface area contributed by atoms with E-state index < -0.39 is 5.41 Å². The van der Waals surface area contributed by atoms with E-state index >= 15 is 0 Å². The molecule has 1 N–H and O–H groups in total. The number of pyridine rings is 1. The topological polar surface area (TPSA) is 77.5 Å². The van der Waals surface area contributed by atoms with Gasteiger partial charge in [0.15, 0.2) is 0 Å². The van der Waals surface area contributed by atoms with Crippen LogP contribution < -0.4 is 10.1 Å². The van der Waals surface area contributed by atoms with Crippen molar-refractivity contribution in [2.45, 2.75) is 39.7 Å². The summed E-state index contributed by atoms with van der Waals surface area (Å²) in [7, 11) is 1.35. The van der Waals surface area contributed by atoms with E-state index in [0.29, 0.717) is 30.9 Å². The Balaban J connectivity index is 1.64. The van der Waals surface area contributed by atoms with Crippen molar-refractivity contribution >= 4 is 28.5 Å². The predicted octanol–water partition coefficient (Wildman–Crippen LogP) is 5.12. The number of amides is 1. The third-order valence-corrected chi connectivity index (χ3v) is 5.63. The van der Waals surface area contributed by atoms with E-state index in [1.165, 1.54) is 7.11 Å². The average molecular weight is 421 g/mol. The zero-order valence-corrected chi connectivity index (χ0v) is 18.2. The molecule has 1 amide bonds. The molecule has 0 bridgehead atoms. The molecule has 1 aromatic heterocycles. The number of hydrogen-bond acceptors (Lipinski definition) is 5. The second kappa shape index (κ2) is 10.1. The van der Waals surface area contributed by atoms with Gasteiger partial charge in [-0.15, -0.1) is 0 Å². The van der Waals surface area contributed by atoms with Crippen molar-refractivity contribution in [3.8, 4) is 5.75 Å². The van der Waals surface area contributed by atoms with Crippen LogP contribution in [0.1, 0.15) is 38.8 Å². The molecule has 31 heavy (non-hydrogen) atoms. The number of methoxy groups -OCH3 is 1. The molecule has 0 radical (unpaired) electrons. The van der Waals surface area contributed by atoms with Crippen LogP contribution in [0, 0.1) is 5.41 Å². The van der Waals surface area contributed by atoms with Gasteiger partial charge in [0.05, 0.1) is 23.7 Å². The van der Waals surface area contributed by atoms with Gasteiger partial charge in [0, 0.05) is 23.6 Å². The number of hydrogen-bond donors (Lipinski definition) is 1. The standard InChI is InChI=1S/C25H28N2O4/c1-4-25(5-2,24(29)30-3)16-23(28)27-19-10-8-11-21(15-19)31-17-20-14-13-18-9-6-7-12-22(18)26-20/h6-15H,4-5,16-17H2,1-3H3,(H,27,28). The first-order valence-corrected chi connectivity index (χ1v) is 10.5. The van der Waals surface area contributed by atoms with E-state index in [1.807, 2.05) is 62.4 Å². The van der Waals surface area contributed by atoms with Crippen LogP contribution in [-0.4, -0.2) is 24.0 Å². The third kappa shape index (κ3) is 5.40. The number of anilines is 1. The lowest BCUT2D eigenvalue weighted by molar-refractivity contribution is -0.155. The Kier molecular flexibility index (Phi) is 7.23. The molecule has 0 aliphatic heterocycles. The lowest BCUT2D eigenvalue weighted by Gasteiger charge is -2.27. The van der Waals surface area contributed by atoms with Gasteiger partial charge in [0.2, 0.25) is 5.91 Å². The molecule has 1 heterocycles. The van der Waals surface area contributed by atoms with Crippen LogP contribution >= 0.6 is 0 Å². The molecular formula is C25H28N2O4. The van der Waals surface area contributed by atoms with Crippen molar-refractivity contribution in [1.29, 1.82) is 0 Å². The molecular weight excluding hydrogens is 392 g/mol. The highest BCUT2D eigenvalue weighted by Gasteiger charge is 2.38. The molecule has 3 rings (SSSR count). The van der Waals surface area contributed by atoms with Gasteiger partial charge < -0.3 is 14.8 Å². The van der Waals surface area contributed by atoms with Gasteiger partial charge in [-0.2, -0.15) is 0 Å². The molecule has 0 spiro atoms. The van der Waals surface area contributed by atoms with Crippen molar-refractivity contribution < 1.29 is 19.1 Å². The number of ether oxygens (including phenoxy) is 2. The Morgan fingerprint density at radius 2 is 1.77 bits per heavy atom. The lowest BCUT2D eigenvalue weighted by Crippen LogP contribution is -2.35. The number of esters is 1. The van der Waals surface area contributed by atoms with Gasteiger partial charge in [-0.25, -0.2) is 4.98 Å². The fourth-order valence-electron chi connectivity index (χ4n) is 3.60. The molecule has 2 aromatic carbocycles. The smallest absolute Gasteiger partial charge is 0.312 e. The molecule has 0 aliphatic rings. The summed E-state index contributed by atoms with van der Waals surface area (Å²) in [4.78, 5) is 29.4. The van der Waals surface area contributed by atoms with Gasteiger partial charge in [0.25, 0.3) is 0 Å². The Morgan fingerprint density at radius 1 is 1.00 bits per heavy atom. The maximum Gasteiger partial charge on any atom is 0.312 e. The summed E-state index contributed by atoms with van der Waals surface area (Å²) in [5.41, 5.74) is 1.54. The number of para-hydroxylation sites is 1. The van der Waals surface area contributed by atoms with Gasteiger partial charge in [-0.05, 0) is 37.1 Å². The molecule has 0 unspecified atom stereocenters. The third-order valence-electron chi connectivity index (χ3n) is 5.63. The summed E-state index contributed by atoms with van der Waals surface area (Å²) in [6, 6.07) is 19.1. The predicted molar refractivity (Wildman–Crippen MR) is 121 cm³/mol. The maximum atomic E-state index is 12.6. The molecule has 6 heteroatoms. The molecule has 0 aliphatic carbocycles. The minimum absolute atomic E-state index is 0.0682. The molecule has 0 fully saturated rings. The van der Waals surface area contributed by atoms with Crippen molar-refractivity contribution in [3.05, 3.63) is 66.4 Å². The Bertz CT molecular complexity index is 1060. The monoisotopic (exact) mass is 420 g/mol. The van der Waals surface area contributed by atoms with E-state index in [9.17, 15) is 9.59 Å². The van der Waals surface area contributed by atoms with Gasteiger partial charge in [0.1, 0.15) is 12.4 Å². The zero-order valence-electron chi connectivity index (χ0n) is 18.2. The fourth-order valence-corrected chi connectivity index (χ4v) is 3.60. The summed E-state index contributed by atoms with van der Waals surface area (Å²) in [6.07, 6.45) is 1.13.